The summed E-state index contributed by atoms with van der Waals surface area (Å²) in [7, 11) is -3.51. The Balaban J connectivity index is 1.36. The van der Waals surface area contributed by atoms with Crippen molar-refractivity contribution in [1.82, 2.24) is 14.4 Å². The third-order valence-corrected chi connectivity index (χ3v) is 9.15. The molecule has 0 unspecified atom stereocenters. The third-order valence-electron chi connectivity index (χ3n) is 6.19. The van der Waals surface area contributed by atoms with Gasteiger partial charge in [0, 0.05) is 37.1 Å². The molecule has 2 aliphatic heterocycles. The second-order valence-electron chi connectivity index (χ2n) is 8.48. The maximum Gasteiger partial charge on any atom is 0.259 e. The molecule has 1 saturated heterocycles. The van der Waals surface area contributed by atoms with E-state index in [0.717, 1.165) is 35.4 Å². The molecule has 1 amide bonds. The summed E-state index contributed by atoms with van der Waals surface area (Å²) in [6.45, 7) is 3.40. The fourth-order valence-electron chi connectivity index (χ4n) is 4.46. The van der Waals surface area contributed by atoms with E-state index in [-0.39, 0.29) is 5.91 Å². The van der Waals surface area contributed by atoms with Gasteiger partial charge in [0.2, 0.25) is 15.9 Å². The lowest BCUT2D eigenvalue weighted by Gasteiger charge is -2.26. The van der Waals surface area contributed by atoms with Crippen LogP contribution in [0.4, 0.5) is 5.69 Å². The van der Waals surface area contributed by atoms with Gasteiger partial charge in [-0.3, -0.25) is 4.79 Å². The van der Waals surface area contributed by atoms with E-state index in [1.807, 2.05) is 24.3 Å². The van der Waals surface area contributed by atoms with Gasteiger partial charge in [-0.1, -0.05) is 23.7 Å². The summed E-state index contributed by atoms with van der Waals surface area (Å²) in [6.07, 6.45) is 3.50. The molecular weight excluding hydrogens is 472 g/mol. The van der Waals surface area contributed by atoms with Crippen LogP contribution < -0.4 is 4.90 Å². The summed E-state index contributed by atoms with van der Waals surface area (Å²) >= 11 is 1.49. The van der Waals surface area contributed by atoms with Gasteiger partial charge in [-0.2, -0.15) is 9.29 Å². The number of amides is 1. The van der Waals surface area contributed by atoms with Crippen molar-refractivity contribution in [2.45, 2.75) is 48.2 Å². The molecule has 178 valence electrons. The molecule has 8 nitrogen and oxygen atoms in total. The van der Waals surface area contributed by atoms with Crippen LogP contribution >= 0.6 is 11.8 Å². The number of fused-ring (bicyclic) bond motifs is 1. The van der Waals surface area contributed by atoms with Crippen molar-refractivity contribution < 1.29 is 17.7 Å². The monoisotopic (exact) mass is 498 g/mol. The SMILES string of the molecule is Cc1nc(CSc2ccccc2C(=O)N2CCc3cc(S(=O)(=O)N4CCCCC4)ccc32)no1. The van der Waals surface area contributed by atoms with Crippen LogP contribution in [0.2, 0.25) is 0 Å². The van der Waals surface area contributed by atoms with Gasteiger partial charge in [-0.15, -0.1) is 11.8 Å². The molecule has 0 bridgehead atoms. The number of benzene rings is 2. The van der Waals surface area contributed by atoms with Gasteiger partial charge >= 0.3 is 0 Å². The van der Waals surface area contributed by atoms with Gasteiger partial charge in [0.1, 0.15) is 0 Å². The number of carbonyl (C=O) groups is 1. The maximum absolute atomic E-state index is 13.5. The van der Waals surface area contributed by atoms with Crippen molar-refractivity contribution in [3.8, 4) is 0 Å². The summed E-state index contributed by atoms with van der Waals surface area (Å²) < 4.78 is 32.8. The van der Waals surface area contributed by atoms with E-state index in [4.69, 9.17) is 4.52 Å². The number of hydrogen-bond acceptors (Lipinski definition) is 7. The average molecular weight is 499 g/mol. The zero-order chi connectivity index (χ0) is 23.7. The maximum atomic E-state index is 13.5. The molecule has 10 heteroatoms. The van der Waals surface area contributed by atoms with Crippen LogP contribution in [-0.2, 0) is 22.2 Å². The largest absolute Gasteiger partial charge is 0.340 e. The molecule has 3 heterocycles. The van der Waals surface area contributed by atoms with Crippen LogP contribution in [0.15, 0.2) is 56.8 Å². The highest BCUT2D eigenvalue weighted by molar-refractivity contribution is 7.98. The number of hydrogen-bond donors (Lipinski definition) is 0. The topological polar surface area (TPSA) is 96.6 Å². The Morgan fingerprint density at radius 3 is 2.65 bits per heavy atom. The van der Waals surface area contributed by atoms with Gasteiger partial charge in [-0.25, -0.2) is 8.42 Å². The molecule has 5 rings (SSSR count). The van der Waals surface area contributed by atoms with Crippen molar-refractivity contribution in [3.63, 3.8) is 0 Å². The number of rotatable bonds is 6. The number of aromatic nitrogens is 2. The molecule has 3 aromatic rings. The van der Waals surface area contributed by atoms with Crippen LogP contribution in [0.25, 0.3) is 0 Å². The molecule has 2 aromatic carbocycles. The van der Waals surface area contributed by atoms with Gasteiger partial charge in [0.25, 0.3) is 5.91 Å². The quantitative estimate of drug-likeness (QED) is 0.473. The number of aryl methyl sites for hydroxylation is 1. The van der Waals surface area contributed by atoms with Crippen molar-refractivity contribution in [2.24, 2.45) is 0 Å². The molecule has 0 saturated carbocycles. The second kappa shape index (κ2) is 9.52. The highest BCUT2D eigenvalue weighted by Crippen LogP contribution is 2.34. The Hall–Kier alpha value is -2.69. The van der Waals surface area contributed by atoms with Gasteiger partial charge in [0.15, 0.2) is 5.82 Å². The molecule has 0 spiro atoms. The summed E-state index contributed by atoms with van der Waals surface area (Å²) in [5.74, 6) is 1.49. The summed E-state index contributed by atoms with van der Waals surface area (Å²) in [5, 5.41) is 3.92. The predicted molar refractivity (Wildman–Crippen MR) is 129 cm³/mol. The van der Waals surface area contributed by atoms with Crippen molar-refractivity contribution in [3.05, 3.63) is 65.3 Å². The Morgan fingerprint density at radius 1 is 1.09 bits per heavy atom. The predicted octanol–water partition coefficient (Wildman–Crippen LogP) is 4.05. The van der Waals surface area contributed by atoms with Gasteiger partial charge in [0.05, 0.1) is 16.2 Å². The average Bonchev–Trinajstić information content (AvgIpc) is 3.48. The van der Waals surface area contributed by atoms with Crippen LogP contribution in [-0.4, -0.2) is 48.4 Å². The number of anilines is 1. The first kappa shape index (κ1) is 23.1. The molecule has 34 heavy (non-hydrogen) atoms. The Bertz CT molecular complexity index is 1320. The van der Waals surface area contributed by atoms with E-state index in [1.54, 1.807) is 34.3 Å². The Kier molecular flexibility index (Phi) is 6.46. The number of carbonyl (C=O) groups excluding carboxylic acids is 1. The lowest BCUT2D eigenvalue weighted by atomic mass is 10.1. The van der Waals surface area contributed by atoms with E-state index < -0.39 is 10.0 Å². The van der Waals surface area contributed by atoms with Crippen LogP contribution in [0.5, 0.6) is 0 Å². The van der Waals surface area contributed by atoms with Gasteiger partial charge in [-0.05, 0) is 55.2 Å². The van der Waals surface area contributed by atoms with E-state index in [2.05, 4.69) is 10.1 Å². The van der Waals surface area contributed by atoms with E-state index in [1.165, 1.54) is 11.8 Å². The number of sulfonamides is 1. The highest BCUT2D eigenvalue weighted by atomic mass is 32.2. The Labute approximate surface area is 203 Å². The van der Waals surface area contributed by atoms with Crippen molar-refractivity contribution in [2.75, 3.05) is 24.5 Å². The minimum absolute atomic E-state index is 0.0993. The molecule has 1 aromatic heterocycles. The second-order valence-corrected chi connectivity index (χ2v) is 11.4. The van der Waals surface area contributed by atoms with Gasteiger partial charge < -0.3 is 9.42 Å². The molecule has 0 N–H and O–H groups in total. The van der Waals surface area contributed by atoms with E-state index >= 15 is 0 Å². The first-order valence-corrected chi connectivity index (χ1v) is 13.8. The third kappa shape index (κ3) is 4.49. The van der Waals surface area contributed by atoms with Crippen LogP contribution in [0.3, 0.4) is 0 Å². The minimum Gasteiger partial charge on any atom is -0.340 e. The molecule has 0 atom stereocenters. The summed E-state index contributed by atoms with van der Waals surface area (Å²) in [5.41, 5.74) is 2.26. The molecule has 2 aliphatic rings. The lowest BCUT2D eigenvalue weighted by Crippen LogP contribution is -2.35. The minimum atomic E-state index is -3.51. The first-order chi connectivity index (χ1) is 16.4. The van der Waals surface area contributed by atoms with Crippen molar-refractivity contribution >= 4 is 33.4 Å². The summed E-state index contributed by atoms with van der Waals surface area (Å²) in [6, 6.07) is 12.6. The highest BCUT2D eigenvalue weighted by Gasteiger charge is 2.31. The zero-order valence-electron chi connectivity index (χ0n) is 18.9. The normalized spacial score (nSPS) is 16.6. The Morgan fingerprint density at radius 2 is 1.88 bits per heavy atom. The van der Waals surface area contributed by atoms with E-state index in [9.17, 15) is 13.2 Å². The molecule has 0 aliphatic carbocycles. The molecular formula is C24H26N4O4S2. The standard InChI is InChI=1S/C24H26N4O4S2/c1-17-25-23(26-32-17)16-33-22-8-4-3-7-20(22)24(29)28-14-11-18-15-19(9-10-21(18)28)34(30,31)27-12-5-2-6-13-27/h3-4,7-10,15H,2,5-6,11-14,16H2,1H3. The smallest absolute Gasteiger partial charge is 0.259 e. The molecule has 0 radical (unpaired) electrons. The number of thioether (sulfide) groups is 1. The molecule has 1 fully saturated rings. The van der Waals surface area contributed by atoms with Crippen LogP contribution in [0, 0.1) is 6.92 Å². The van der Waals surface area contributed by atoms with Crippen LogP contribution in [0.1, 0.15) is 46.9 Å². The lowest BCUT2D eigenvalue weighted by molar-refractivity contribution is 0.0986. The zero-order valence-corrected chi connectivity index (χ0v) is 20.6. The fourth-order valence-corrected chi connectivity index (χ4v) is 6.92. The van der Waals surface area contributed by atoms with Crippen molar-refractivity contribution in [1.29, 1.82) is 0 Å². The fraction of sp³-hybridized carbons (Fsp3) is 0.375. The number of nitrogens with zero attached hydrogens (tertiary/aromatic N) is 4. The first-order valence-electron chi connectivity index (χ1n) is 11.4. The summed E-state index contributed by atoms with van der Waals surface area (Å²) in [4.78, 5) is 20.6. The number of piperidine rings is 1. The van der Waals surface area contributed by atoms with E-state index in [0.29, 0.717) is 54.0 Å².